The van der Waals surface area contributed by atoms with E-state index >= 15 is 0 Å². The third-order valence-electron chi connectivity index (χ3n) is 3.64. The molecule has 1 N–H and O–H groups in total. The molecule has 1 amide bonds. The Morgan fingerprint density at radius 2 is 2.14 bits per heavy atom. The smallest absolute Gasteiger partial charge is 0.273 e. The largest absolute Gasteiger partial charge is 0.484 e. The molecular weight excluding hydrogens is 310 g/mol. The molecule has 0 unspecified atom stereocenters. The number of carbonyl (C=O) groups is 1. The van der Waals surface area contributed by atoms with E-state index in [2.05, 4.69) is 5.32 Å². The summed E-state index contributed by atoms with van der Waals surface area (Å²) in [6.45, 7) is 1.71. The molecule has 7 nitrogen and oxygen atoms in total. The Bertz CT molecular complexity index is 521. The molecule has 122 valence electrons. The number of nitro groups is 1. The average Bonchev–Trinajstić information content (AvgIpc) is 2.53. The van der Waals surface area contributed by atoms with Crippen molar-refractivity contribution in [2.45, 2.75) is 18.9 Å². The van der Waals surface area contributed by atoms with Crippen molar-refractivity contribution < 1.29 is 14.5 Å². The maximum Gasteiger partial charge on any atom is 0.273 e. The molecule has 0 aromatic heterocycles. The molecule has 1 fully saturated rings. The summed E-state index contributed by atoms with van der Waals surface area (Å²) < 4.78 is 5.36. The van der Waals surface area contributed by atoms with Crippen LogP contribution in [0.15, 0.2) is 24.3 Å². The summed E-state index contributed by atoms with van der Waals surface area (Å²) in [4.78, 5) is 24.0. The van der Waals surface area contributed by atoms with Crippen LogP contribution < -0.4 is 10.1 Å². The van der Waals surface area contributed by atoms with Crippen LogP contribution in [0, 0.1) is 10.1 Å². The Morgan fingerprint density at radius 3 is 2.77 bits per heavy atom. The maximum absolute atomic E-state index is 12.1. The van der Waals surface area contributed by atoms with Gasteiger partial charge in [0, 0.05) is 19.2 Å². The molecule has 1 aromatic rings. The van der Waals surface area contributed by atoms with Crippen LogP contribution in [-0.4, -0.2) is 48.5 Å². The number of nitrogens with zero attached hydrogens (tertiary/aromatic N) is 2. The van der Waals surface area contributed by atoms with Crippen molar-refractivity contribution in [1.29, 1.82) is 0 Å². The van der Waals surface area contributed by atoms with Crippen LogP contribution in [0.1, 0.15) is 12.8 Å². The van der Waals surface area contributed by atoms with Crippen LogP contribution in [0.25, 0.3) is 0 Å². The molecule has 1 heterocycles. The molecule has 2 rings (SSSR count). The number of halogens is 1. The fraction of sp³-hybridized carbons (Fsp3) is 0.500. The average molecular weight is 330 g/mol. The number of nitrogens with one attached hydrogen (secondary N) is 1. The zero-order chi connectivity index (χ0) is 15.2. The highest BCUT2D eigenvalue weighted by Gasteiger charge is 2.22. The summed E-state index contributed by atoms with van der Waals surface area (Å²) in [5.41, 5.74) is -0.0494. The van der Waals surface area contributed by atoms with Gasteiger partial charge in [0.25, 0.3) is 11.6 Å². The summed E-state index contributed by atoms with van der Waals surface area (Å²) in [7, 11) is 1.77. The third kappa shape index (κ3) is 4.85. The van der Waals surface area contributed by atoms with E-state index in [1.54, 1.807) is 18.0 Å². The fourth-order valence-electron chi connectivity index (χ4n) is 2.33. The molecule has 1 aliphatic heterocycles. The van der Waals surface area contributed by atoms with Gasteiger partial charge in [0.2, 0.25) is 0 Å². The lowest BCUT2D eigenvalue weighted by Crippen LogP contribution is -2.45. The number of nitro benzene ring substituents is 1. The Labute approximate surface area is 135 Å². The number of non-ortho nitro benzene ring substituents is 1. The number of carbonyl (C=O) groups excluding carboxylic acids is 1. The van der Waals surface area contributed by atoms with Crippen LogP contribution in [0.3, 0.4) is 0 Å². The quantitative estimate of drug-likeness (QED) is 0.655. The first-order chi connectivity index (χ1) is 10.1. The van der Waals surface area contributed by atoms with Gasteiger partial charge in [0.15, 0.2) is 6.61 Å². The van der Waals surface area contributed by atoms with E-state index in [9.17, 15) is 14.9 Å². The minimum atomic E-state index is -0.490. The van der Waals surface area contributed by atoms with Gasteiger partial charge in [0.05, 0.1) is 11.0 Å². The van der Waals surface area contributed by atoms with Gasteiger partial charge >= 0.3 is 0 Å². The Kier molecular flexibility index (Phi) is 7.07. The first-order valence-corrected chi connectivity index (χ1v) is 6.91. The maximum atomic E-state index is 12.1. The molecule has 0 radical (unpaired) electrons. The van der Waals surface area contributed by atoms with E-state index in [1.165, 1.54) is 18.2 Å². The lowest BCUT2D eigenvalue weighted by atomic mass is 10.1. The fourth-order valence-corrected chi connectivity index (χ4v) is 2.33. The molecule has 0 spiro atoms. The monoisotopic (exact) mass is 329 g/mol. The predicted molar refractivity (Wildman–Crippen MR) is 84.5 cm³/mol. The van der Waals surface area contributed by atoms with Gasteiger partial charge < -0.3 is 15.0 Å². The van der Waals surface area contributed by atoms with Gasteiger partial charge in [-0.3, -0.25) is 14.9 Å². The third-order valence-corrected chi connectivity index (χ3v) is 3.64. The highest BCUT2D eigenvalue weighted by atomic mass is 35.5. The van der Waals surface area contributed by atoms with Crippen molar-refractivity contribution in [1.82, 2.24) is 10.2 Å². The summed E-state index contributed by atoms with van der Waals surface area (Å²) in [5.74, 6) is 0.213. The van der Waals surface area contributed by atoms with E-state index in [1.807, 2.05) is 0 Å². The van der Waals surface area contributed by atoms with Gasteiger partial charge in [-0.15, -0.1) is 12.4 Å². The van der Waals surface area contributed by atoms with E-state index < -0.39 is 4.92 Å². The number of hydrogen-bond acceptors (Lipinski definition) is 5. The summed E-state index contributed by atoms with van der Waals surface area (Å²) >= 11 is 0. The lowest BCUT2D eigenvalue weighted by molar-refractivity contribution is -0.384. The Morgan fingerprint density at radius 1 is 1.45 bits per heavy atom. The number of benzene rings is 1. The second-order valence-corrected chi connectivity index (χ2v) is 5.03. The number of rotatable bonds is 5. The summed E-state index contributed by atoms with van der Waals surface area (Å²) in [6, 6.07) is 6.07. The molecule has 1 saturated heterocycles. The SMILES string of the molecule is CN(C(=O)COc1cccc([N+](=O)[O-])c1)C1CCNCC1.Cl. The molecule has 22 heavy (non-hydrogen) atoms. The number of hydrogen-bond donors (Lipinski definition) is 1. The van der Waals surface area contributed by atoms with E-state index in [-0.39, 0.29) is 36.7 Å². The van der Waals surface area contributed by atoms with E-state index in [0.29, 0.717) is 5.75 Å². The van der Waals surface area contributed by atoms with Crippen LogP contribution >= 0.6 is 12.4 Å². The molecular formula is C14H20ClN3O4. The van der Waals surface area contributed by atoms with Crippen molar-refractivity contribution in [3.8, 4) is 5.75 Å². The van der Waals surface area contributed by atoms with Gasteiger partial charge in [-0.25, -0.2) is 0 Å². The number of amides is 1. The minimum absolute atomic E-state index is 0. The highest BCUT2D eigenvalue weighted by molar-refractivity contribution is 5.85. The Balaban J connectivity index is 0.00000242. The van der Waals surface area contributed by atoms with Crippen molar-refractivity contribution >= 4 is 24.0 Å². The number of ether oxygens (including phenoxy) is 1. The molecule has 0 aliphatic carbocycles. The van der Waals surface area contributed by atoms with Gasteiger partial charge in [-0.2, -0.15) is 0 Å². The molecule has 0 atom stereocenters. The summed E-state index contributed by atoms with van der Waals surface area (Å²) in [6.07, 6.45) is 1.86. The van der Waals surface area contributed by atoms with Crippen LogP contribution in [0.4, 0.5) is 5.69 Å². The van der Waals surface area contributed by atoms with Crippen molar-refractivity contribution in [2.75, 3.05) is 26.7 Å². The topological polar surface area (TPSA) is 84.7 Å². The highest BCUT2D eigenvalue weighted by Crippen LogP contribution is 2.19. The molecule has 0 saturated carbocycles. The molecule has 1 aliphatic rings. The predicted octanol–water partition coefficient (Wildman–Crippen LogP) is 1.61. The standard InChI is InChI=1S/C14H19N3O4.ClH/c1-16(11-5-7-15-8-6-11)14(18)10-21-13-4-2-3-12(9-13)17(19)20;/h2-4,9,11,15H,5-8,10H2,1H3;1H. The normalized spacial score (nSPS) is 14.8. The first-order valence-electron chi connectivity index (χ1n) is 6.91. The molecule has 1 aromatic carbocycles. The number of piperidine rings is 1. The van der Waals surface area contributed by atoms with Gasteiger partial charge in [0.1, 0.15) is 5.75 Å². The molecule has 8 heteroatoms. The van der Waals surface area contributed by atoms with Gasteiger partial charge in [-0.05, 0) is 32.0 Å². The Hall–Kier alpha value is -1.86. The second kappa shape index (κ2) is 8.55. The zero-order valence-corrected chi connectivity index (χ0v) is 13.2. The van der Waals surface area contributed by atoms with Crippen molar-refractivity contribution in [3.05, 3.63) is 34.4 Å². The summed E-state index contributed by atoms with van der Waals surface area (Å²) in [5, 5.41) is 13.9. The lowest BCUT2D eigenvalue weighted by Gasteiger charge is -2.31. The van der Waals surface area contributed by atoms with Crippen LogP contribution in [-0.2, 0) is 4.79 Å². The van der Waals surface area contributed by atoms with Crippen molar-refractivity contribution in [2.24, 2.45) is 0 Å². The van der Waals surface area contributed by atoms with E-state index in [4.69, 9.17) is 4.74 Å². The van der Waals surface area contributed by atoms with Crippen molar-refractivity contribution in [3.63, 3.8) is 0 Å². The molecule has 0 bridgehead atoms. The van der Waals surface area contributed by atoms with Gasteiger partial charge in [-0.1, -0.05) is 6.07 Å². The van der Waals surface area contributed by atoms with Crippen LogP contribution in [0.5, 0.6) is 5.75 Å². The van der Waals surface area contributed by atoms with E-state index in [0.717, 1.165) is 25.9 Å². The first kappa shape index (κ1) is 18.2. The number of likely N-dealkylation sites (N-methyl/N-ethyl adjacent to an activating group) is 1. The van der Waals surface area contributed by atoms with Crippen LogP contribution in [0.2, 0.25) is 0 Å². The second-order valence-electron chi connectivity index (χ2n) is 5.03. The zero-order valence-electron chi connectivity index (χ0n) is 12.4. The minimum Gasteiger partial charge on any atom is -0.484 e.